The van der Waals surface area contributed by atoms with Gasteiger partial charge in [0.05, 0.1) is 52.9 Å². The summed E-state index contributed by atoms with van der Waals surface area (Å²) < 4.78 is 46.8. The molecule has 0 aromatic heterocycles. The monoisotopic (exact) mass is 308 g/mol. The molecular formula is C10H19F3O7. The molecule has 0 aromatic rings. The highest BCUT2D eigenvalue weighted by molar-refractivity contribution is 5.73. The lowest BCUT2D eigenvalue weighted by molar-refractivity contribution is -0.192. The molecule has 0 aromatic carbocycles. The van der Waals surface area contributed by atoms with E-state index in [0.717, 1.165) is 0 Å². The van der Waals surface area contributed by atoms with Crippen LogP contribution in [-0.2, 0) is 19.0 Å². The van der Waals surface area contributed by atoms with Crippen molar-refractivity contribution in [3.05, 3.63) is 0 Å². The predicted octanol–water partition coefficient (Wildman–Crippen LogP) is -0.346. The van der Waals surface area contributed by atoms with Gasteiger partial charge in [0, 0.05) is 0 Å². The first-order valence-corrected chi connectivity index (χ1v) is 5.61. The van der Waals surface area contributed by atoms with Crippen molar-refractivity contribution in [2.24, 2.45) is 0 Å². The van der Waals surface area contributed by atoms with Gasteiger partial charge < -0.3 is 29.5 Å². The first kappa shape index (κ1) is 21.4. The van der Waals surface area contributed by atoms with Gasteiger partial charge in [-0.15, -0.1) is 0 Å². The van der Waals surface area contributed by atoms with Gasteiger partial charge in [0.25, 0.3) is 0 Å². The van der Waals surface area contributed by atoms with Crippen LogP contribution in [0.3, 0.4) is 0 Å². The molecule has 0 aliphatic carbocycles. The molecule has 0 aliphatic rings. The van der Waals surface area contributed by atoms with E-state index in [1.807, 2.05) is 0 Å². The second-order valence-corrected chi connectivity index (χ2v) is 3.09. The molecule has 0 bridgehead atoms. The first-order chi connectivity index (χ1) is 9.36. The van der Waals surface area contributed by atoms with Gasteiger partial charge in [-0.05, 0) is 0 Å². The zero-order chi connectivity index (χ0) is 15.9. The highest BCUT2D eigenvalue weighted by atomic mass is 19.4. The van der Waals surface area contributed by atoms with Crippen molar-refractivity contribution >= 4 is 5.97 Å². The zero-order valence-corrected chi connectivity index (χ0v) is 10.8. The average molecular weight is 308 g/mol. The molecule has 0 fully saturated rings. The summed E-state index contributed by atoms with van der Waals surface area (Å²) in [5.41, 5.74) is 0. The third-order valence-corrected chi connectivity index (χ3v) is 1.46. The van der Waals surface area contributed by atoms with Gasteiger partial charge in [-0.2, -0.15) is 13.2 Å². The fraction of sp³-hybridized carbons (Fsp3) is 0.900. The summed E-state index contributed by atoms with van der Waals surface area (Å²) in [6.07, 6.45) is -5.08. The molecule has 0 spiro atoms. The normalized spacial score (nSPS) is 10.8. The highest BCUT2D eigenvalue weighted by Crippen LogP contribution is 2.13. The number of hydrogen-bond donors (Lipinski definition) is 3. The molecule has 3 N–H and O–H groups in total. The molecular weight excluding hydrogens is 289 g/mol. The molecule has 10 heteroatoms. The minimum absolute atomic E-state index is 0.0413. The Balaban J connectivity index is 0. The summed E-state index contributed by atoms with van der Waals surface area (Å²) in [7, 11) is 0. The van der Waals surface area contributed by atoms with Crippen LogP contribution in [0.25, 0.3) is 0 Å². The SMILES string of the molecule is O=C(O)C(F)(F)F.OCCOCCOCCOCCO. The minimum atomic E-state index is -5.08. The summed E-state index contributed by atoms with van der Waals surface area (Å²) in [4.78, 5) is 8.90. The summed E-state index contributed by atoms with van der Waals surface area (Å²) in [6, 6.07) is 0. The van der Waals surface area contributed by atoms with E-state index < -0.39 is 12.1 Å². The van der Waals surface area contributed by atoms with Crippen molar-refractivity contribution in [1.29, 1.82) is 0 Å². The van der Waals surface area contributed by atoms with E-state index in [2.05, 4.69) is 0 Å². The van der Waals surface area contributed by atoms with Crippen LogP contribution in [0.4, 0.5) is 13.2 Å². The second-order valence-electron chi connectivity index (χ2n) is 3.09. The number of hydrogen-bond acceptors (Lipinski definition) is 6. The Kier molecular flexibility index (Phi) is 15.5. The minimum Gasteiger partial charge on any atom is -0.475 e. The Morgan fingerprint density at radius 3 is 1.25 bits per heavy atom. The Bertz CT molecular complexity index is 213. The van der Waals surface area contributed by atoms with Gasteiger partial charge in [0.2, 0.25) is 0 Å². The summed E-state index contributed by atoms with van der Waals surface area (Å²) in [5, 5.41) is 23.8. The van der Waals surface area contributed by atoms with Crippen LogP contribution in [0, 0.1) is 0 Å². The lowest BCUT2D eigenvalue weighted by Gasteiger charge is -2.04. The maximum atomic E-state index is 10.6. The molecule has 7 nitrogen and oxygen atoms in total. The van der Waals surface area contributed by atoms with E-state index in [9.17, 15) is 13.2 Å². The number of aliphatic hydroxyl groups is 2. The van der Waals surface area contributed by atoms with Crippen LogP contribution >= 0.6 is 0 Å². The number of alkyl halides is 3. The van der Waals surface area contributed by atoms with E-state index in [-0.39, 0.29) is 13.2 Å². The van der Waals surface area contributed by atoms with Crippen molar-refractivity contribution in [2.75, 3.05) is 52.9 Å². The molecule has 0 heterocycles. The molecule has 0 rings (SSSR count). The standard InChI is InChI=1S/C8H18O5.C2HF3O2/c9-1-3-11-5-7-13-8-6-12-4-2-10;3-2(4,5)1(6)7/h9-10H,1-8H2;(H,6,7). The highest BCUT2D eigenvalue weighted by Gasteiger charge is 2.38. The lowest BCUT2D eigenvalue weighted by atomic mass is 10.7. The molecule has 0 atom stereocenters. The number of aliphatic carboxylic acids is 1. The second kappa shape index (κ2) is 14.5. The quantitative estimate of drug-likeness (QED) is 0.474. The third-order valence-electron chi connectivity index (χ3n) is 1.46. The number of aliphatic hydroxyl groups excluding tert-OH is 2. The zero-order valence-electron chi connectivity index (χ0n) is 10.8. The molecule has 0 unspecified atom stereocenters. The van der Waals surface area contributed by atoms with E-state index >= 15 is 0 Å². The van der Waals surface area contributed by atoms with Crippen LogP contribution < -0.4 is 0 Å². The van der Waals surface area contributed by atoms with Crippen LogP contribution in [0.15, 0.2) is 0 Å². The number of halogens is 3. The number of carboxylic acids is 1. The van der Waals surface area contributed by atoms with Gasteiger partial charge in [0.15, 0.2) is 0 Å². The Hall–Kier alpha value is -0.940. The summed E-state index contributed by atoms with van der Waals surface area (Å²) >= 11 is 0. The fourth-order valence-electron chi connectivity index (χ4n) is 0.671. The predicted molar refractivity (Wildman–Crippen MR) is 60.3 cm³/mol. The Morgan fingerprint density at radius 2 is 1.05 bits per heavy atom. The Morgan fingerprint density at radius 1 is 0.800 bits per heavy atom. The first-order valence-electron chi connectivity index (χ1n) is 5.61. The molecule has 0 amide bonds. The number of ether oxygens (including phenoxy) is 3. The fourth-order valence-corrected chi connectivity index (χ4v) is 0.671. The van der Waals surface area contributed by atoms with Gasteiger partial charge in [-0.1, -0.05) is 0 Å². The summed E-state index contributed by atoms with van der Waals surface area (Å²) in [6.45, 7) is 2.76. The lowest BCUT2D eigenvalue weighted by Crippen LogP contribution is -2.21. The largest absolute Gasteiger partial charge is 0.490 e. The van der Waals surface area contributed by atoms with Gasteiger partial charge in [-0.3, -0.25) is 0 Å². The molecule has 0 aliphatic heterocycles. The van der Waals surface area contributed by atoms with Crippen molar-refractivity contribution in [3.63, 3.8) is 0 Å². The third kappa shape index (κ3) is 19.4. The van der Waals surface area contributed by atoms with Gasteiger partial charge in [-0.25, -0.2) is 4.79 Å². The molecule has 0 saturated carbocycles. The van der Waals surface area contributed by atoms with Crippen molar-refractivity contribution in [2.45, 2.75) is 6.18 Å². The van der Waals surface area contributed by atoms with E-state index in [4.69, 9.17) is 34.3 Å². The average Bonchev–Trinajstić information content (AvgIpc) is 2.36. The van der Waals surface area contributed by atoms with E-state index in [1.54, 1.807) is 0 Å². The van der Waals surface area contributed by atoms with Crippen LogP contribution in [0.5, 0.6) is 0 Å². The molecule has 0 radical (unpaired) electrons. The summed E-state index contributed by atoms with van der Waals surface area (Å²) in [5.74, 6) is -2.76. The smallest absolute Gasteiger partial charge is 0.475 e. The maximum Gasteiger partial charge on any atom is 0.490 e. The van der Waals surface area contributed by atoms with Crippen LogP contribution in [0.2, 0.25) is 0 Å². The molecule has 122 valence electrons. The number of carboxylic acid groups (broad SMARTS) is 1. The maximum absolute atomic E-state index is 10.6. The van der Waals surface area contributed by atoms with E-state index in [0.29, 0.717) is 39.6 Å². The van der Waals surface area contributed by atoms with Crippen molar-refractivity contribution in [1.82, 2.24) is 0 Å². The van der Waals surface area contributed by atoms with E-state index in [1.165, 1.54) is 0 Å². The number of rotatable bonds is 10. The van der Waals surface area contributed by atoms with Crippen molar-refractivity contribution < 1.29 is 47.5 Å². The van der Waals surface area contributed by atoms with Crippen molar-refractivity contribution in [3.8, 4) is 0 Å². The number of carbonyl (C=O) groups is 1. The van der Waals surface area contributed by atoms with Crippen LogP contribution in [0.1, 0.15) is 0 Å². The Labute approximate surface area is 113 Å². The topological polar surface area (TPSA) is 105 Å². The molecule has 20 heavy (non-hydrogen) atoms. The van der Waals surface area contributed by atoms with Gasteiger partial charge >= 0.3 is 12.1 Å². The van der Waals surface area contributed by atoms with Gasteiger partial charge in [0.1, 0.15) is 0 Å². The van der Waals surface area contributed by atoms with Crippen LogP contribution in [-0.4, -0.2) is 80.3 Å². The molecule has 0 saturated heterocycles.